The van der Waals surface area contributed by atoms with Gasteiger partial charge in [0.25, 0.3) is 5.91 Å². The predicted molar refractivity (Wildman–Crippen MR) is 99.2 cm³/mol. The van der Waals surface area contributed by atoms with Crippen LogP contribution in [0, 0.1) is 6.92 Å². The monoisotopic (exact) mass is 384 g/mol. The smallest absolute Gasteiger partial charge is 0.258 e. The molecule has 9 heteroatoms. The van der Waals surface area contributed by atoms with E-state index in [0.29, 0.717) is 28.7 Å². The first-order valence-corrected chi connectivity index (χ1v) is 8.46. The van der Waals surface area contributed by atoms with E-state index in [1.807, 2.05) is 19.1 Å². The number of para-hydroxylation sites is 1. The summed E-state index contributed by atoms with van der Waals surface area (Å²) in [7, 11) is 3.02. The Morgan fingerprint density at radius 1 is 1.11 bits per heavy atom. The van der Waals surface area contributed by atoms with Gasteiger partial charge in [-0.3, -0.25) is 9.78 Å². The number of carbonyl (C=O) groups excluding carboxylic acids is 1. The second-order valence-electron chi connectivity index (χ2n) is 5.75. The Morgan fingerprint density at radius 2 is 1.86 bits per heavy atom. The molecule has 0 aliphatic rings. The van der Waals surface area contributed by atoms with Crippen LogP contribution in [0.15, 0.2) is 40.9 Å². The number of rotatable bonds is 8. The van der Waals surface area contributed by atoms with Crippen LogP contribution in [-0.4, -0.2) is 41.9 Å². The molecule has 3 aromatic rings. The van der Waals surface area contributed by atoms with Gasteiger partial charge < -0.3 is 23.9 Å². The van der Waals surface area contributed by atoms with Crippen molar-refractivity contribution in [3.63, 3.8) is 0 Å². The van der Waals surface area contributed by atoms with E-state index in [-0.39, 0.29) is 24.9 Å². The third-order valence-corrected chi connectivity index (χ3v) is 3.79. The Kier molecular flexibility index (Phi) is 6.05. The van der Waals surface area contributed by atoms with Gasteiger partial charge in [-0.25, -0.2) is 0 Å². The van der Waals surface area contributed by atoms with Gasteiger partial charge in [-0.15, -0.1) is 10.2 Å². The Labute approximate surface area is 161 Å². The van der Waals surface area contributed by atoms with E-state index in [2.05, 4.69) is 20.5 Å². The number of methoxy groups -OCH3 is 2. The average molecular weight is 384 g/mol. The molecule has 0 spiro atoms. The first-order valence-electron chi connectivity index (χ1n) is 8.46. The minimum absolute atomic E-state index is 0.0809. The lowest BCUT2D eigenvalue weighted by atomic mass is 10.2. The predicted octanol–water partition coefficient (Wildman–Crippen LogP) is 2.15. The van der Waals surface area contributed by atoms with Crippen LogP contribution >= 0.6 is 0 Å². The first kappa shape index (κ1) is 19.2. The molecule has 1 amide bonds. The lowest BCUT2D eigenvalue weighted by Gasteiger charge is -2.13. The summed E-state index contributed by atoms with van der Waals surface area (Å²) >= 11 is 0. The minimum atomic E-state index is -0.357. The number of hydrogen-bond donors (Lipinski definition) is 1. The lowest BCUT2D eigenvalue weighted by Crippen LogP contribution is -2.28. The Morgan fingerprint density at radius 3 is 2.50 bits per heavy atom. The zero-order valence-corrected chi connectivity index (χ0v) is 15.8. The summed E-state index contributed by atoms with van der Waals surface area (Å²) in [6.07, 6.45) is 1.65. The maximum atomic E-state index is 12.1. The molecule has 0 unspecified atom stereocenters. The molecule has 2 aromatic heterocycles. The van der Waals surface area contributed by atoms with Crippen molar-refractivity contribution in [2.75, 3.05) is 20.8 Å². The van der Waals surface area contributed by atoms with Crippen molar-refractivity contribution >= 4 is 5.91 Å². The lowest BCUT2D eigenvalue weighted by molar-refractivity contribution is -0.123. The van der Waals surface area contributed by atoms with Gasteiger partial charge in [0.05, 0.1) is 26.3 Å². The minimum Gasteiger partial charge on any atom is -0.493 e. The summed E-state index contributed by atoms with van der Waals surface area (Å²) in [6.45, 7) is 1.75. The molecule has 1 aromatic carbocycles. The topological polar surface area (TPSA) is 109 Å². The largest absolute Gasteiger partial charge is 0.493 e. The summed E-state index contributed by atoms with van der Waals surface area (Å²) in [5.74, 6) is 1.56. The number of hydrogen-bond acceptors (Lipinski definition) is 8. The van der Waals surface area contributed by atoms with E-state index in [4.69, 9.17) is 18.6 Å². The van der Waals surface area contributed by atoms with Gasteiger partial charge in [-0.05, 0) is 31.2 Å². The fourth-order valence-corrected chi connectivity index (χ4v) is 2.36. The van der Waals surface area contributed by atoms with Crippen LogP contribution in [0.4, 0.5) is 0 Å². The van der Waals surface area contributed by atoms with Crippen molar-refractivity contribution in [1.82, 2.24) is 20.5 Å². The fourth-order valence-electron chi connectivity index (χ4n) is 2.36. The van der Waals surface area contributed by atoms with Gasteiger partial charge in [-0.1, -0.05) is 6.07 Å². The highest BCUT2D eigenvalue weighted by molar-refractivity contribution is 5.77. The zero-order chi connectivity index (χ0) is 19.9. The summed E-state index contributed by atoms with van der Waals surface area (Å²) < 4.78 is 21.5. The number of ether oxygens (including phenoxy) is 3. The van der Waals surface area contributed by atoms with Gasteiger partial charge in [0.1, 0.15) is 0 Å². The normalized spacial score (nSPS) is 10.4. The standard InChI is InChI=1S/C19H20N4O5/c1-12-7-8-13(9-20-12)19-23-22-17(28-19)10-21-16(24)11-27-18-14(25-2)5-4-6-15(18)26-3/h4-9H,10-11H2,1-3H3,(H,21,24). The molecule has 0 saturated carbocycles. The molecule has 9 nitrogen and oxygen atoms in total. The molecule has 0 aliphatic carbocycles. The summed E-state index contributed by atoms with van der Waals surface area (Å²) in [4.78, 5) is 16.3. The second-order valence-corrected chi connectivity index (χ2v) is 5.75. The van der Waals surface area contributed by atoms with Crippen LogP contribution in [0.2, 0.25) is 0 Å². The third kappa shape index (κ3) is 4.56. The van der Waals surface area contributed by atoms with Crippen molar-refractivity contribution in [3.8, 4) is 28.7 Å². The second kappa shape index (κ2) is 8.85. The number of nitrogens with zero attached hydrogens (tertiary/aromatic N) is 3. The van der Waals surface area contributed by atoms with Crippen molar-refractivity contribution in [2.24, 2.45) is 0 Å². The van der Waals surface area contributed by atoms with Crippen LogP contribution in [0.5, 0.6) is 17.2 Å². The number of aromatic nitrogens is 3. The number of nitrogens with one attached hydrogen (secondary N) is 1. The SMILES string of the molecule is COc1cccc(OC)c1OCC(=O)NCc1nnc(-c2ccc(C)nc2)o1. The molecule has 28 heavy (non-hydrogen) atoms. The molecular weight excluding hydrogens is 364 g/mol. The molecule has 146 valence electrons. The highest BCUT2D eigenvalue weighted by Crippen LogP contribution is 2.36. The van der Waals surface area contributed by atoms with Gasteiger partial charge in [0.2, 0.25) is 17.5 Å². The Hall–Kier alpha value is -3.62. The molecule has 3 rings (SSSR count). The summed E-state index contributed by atoms with van der Waals surface area (Å²) in [6, 6.07) is 8.89. The Balaban J connectivity index is 1.55. The van der Waals surface area contributed by atoms with Crippen LogP contribution in [-0.2, 0) is 11.3 Å². The maximum absolute atomic E-state index is 12.1. The van der Waals surface area contributed by atoms with Crippen molar-refractivity contribution in [3.05, 3.63) is 48.1 Å². The number of carbonyl (C=O) groups is 1. The van der Waals surface area contributed by atoms with Crippen LogP contribution < -0.4 is 19.5 Å². The molecule has 0 aliphatic heterocycles. The van der Waals surface area contributed by atoms with Crippen LogP contribution in [0.25, 0.3) is 11.5 Å². The summed E-state index contributed by atoms with van der Waals surface area (Å²) in [5, 5.41) is 10.5. The van der Waals surface area contributed by atoms with E-state index in [9.17, 15) is 4.79 Å². The zero-order valence-electron chi connectivity index (χ0n) is 15.8. The van der Waals surface area contributed by atoms with E-state index >= 15 is 0 Å². The highest BCUT2D eigenvalue weighted by atomic mass is 16.5. The molecular formula is C19H20N4O5. The third-order valence-electron chi connectivity index (χ3n) is 3.79. The van der Waals surface area contributed by atoms with E-state index in [1.54, 1.807) is 24.4 Å². The molecule has 0 bridgehead atoms. The molecule has 1 N–H and O–H groups in total. The first-order chi connectivity index (χ1) is 13.6. The van der Waals surface area contributed by atoms with E-state index in [0.717, 1.165) is 5.69 Å². The number of aryl methyl sites for hydroxylation is 1. The van der Waals surface area contributed by atoms with Gasteiger partial charge in [0, 0.05) is 11.9 Å². The van der Waals surface area contributed by atoms with Crippen molar-refractivity contribution in [1.29, 1.82) is 0 Å². The fraction of sp³-hybridized carbons (Fsp3) is 0.263. The number of amides is 1. The Bertz CT molecular complexity index is 918. The average Bonchev–Trinajstić information content (AvgIpc) is 3.20. The van der Waals surface area contributed by atoms with Crippen molar-refractivity contribution < 1.29 is 23.4 Å². The van der Waals surface area contributed by atoms with Gasteiger partial charge in [-0.2, -0.15) is 0 Å². The molecule has 0 atom stereocenters. The van der Waals surface area contributed by atoms with Gasteiger partial charge in [0.15, 0.2) is 18.1 Å². The number of pyridine rings is 1. The maximum Gasteiger partial charge on any atom is 0.258 e. The molecule has 0 saturated heterocycles. The number of benzene rings is 1. The van der Waals surface area contributed by atoms with Crippen LogP contribution in [0.1, 0.15) is 11.6 Å². The molecule has 0 radical (unpaired) electrons. The van der Waals surface area contributed by atoms with Gasteiger partial charge >= 0.3 is 0 Å². The van der Waals surface area contributed by atoms with Crippen LogP contribution in [0.3, 0.4) is 0 Å². The van der Waals surface area contributed by atoms with E-state index in [1.165, 1.54) is 14.2 Å². The molecule has 0 fully saturated rings. The van der Waals surface area contributed by atoms with E-state index < -0.39 is 0 Å². The summed E-state index contributed by atoms with van der Waals surface area (Å²) in [5.41, 5.74) is 1.60. The van der Waals surface area contributed by atoms with Crippen molar-refractivity contribution in [2.45, 2.75) is 13.5 Å². The highest BCUT2D eigenvalue weighted by Gasteiger charge is 2.14. The quantitative estimate of drug-likeness (QED) is 0.629. The molecule has 2 heterocycles.